The number of nitrogens with zero attached hydrogens (tertiary/aromatic N) is 2. The summed E-state index contributed by atoms with van der Waals surface area (Å²) in [5.74, 6) is -1.65. The van der Waals surface area contributed by atoms with Crippen LogP contribution in [0.4, 0.5) is 5.69 Å². The molecule has 1 unspecified atom stereocenters. The molecule has 7 heteroatoms. The maximum atomic E-state index is 12.6. The van der Waals surface area contributed by atoms with Crippen LogP contribution >= 0.6 is 0 Å². The SMILES string of the molecule is N#CC1C[C@@]2(CN1C(=O)C(=O)NC1CC1)C(=O)Nc1ccccc12. The molecule has 3 amide bonds. The number of nitriles is 1. The number of rotatable bonds is 1. The molecule has 24 heavy (non-hydrogen) atoms. The van der Waals surface area contributed by atoms with E-state index >= 15 is 0 Å². The van der Waals surface area contributed by atoms with E-state index in [1.54, 1.807) is 6.07 Å². The fourth-order valence-corrected chi connectivity index (χ4v) is 3.57. The Morgan fingerprint density at radius 3 is 2.79 bits per heavy atom. The predicted molar refractivity (Wildman–Crippen MR) is 83.6 cm³/mol. The van der Waals surface area contributed by atoms with E-state index in [2.05, 4.69) is 16.7 Å². The van der Waals surface area contributed by atoms with E-state index < -0.39 is 23.3 Å². The first kappa shape index (κ1) is 14.7. The van der Waals surface area contributed by atoms with Crippen LogP contribution in [0.5, 0.6) is 0 Å². The maximum absolute atomic E-state index is 12.6. The Kier molecular flexibility index (Phi) is 3.10. The highest BCUT2D eigenvalue weighted by Gasteiger charge is 2.56. The zero-order chi connectivity index (χ0) is 16.9. The first-order valence-electron chi connectivity index (χ1n) is 7.97. The highest BCUT2D eigenvalue weighted by molar-refractivity contribution is 6.35. The highest BCUT2D eigenvalue weighted by Crippen LogP contribution is 2.46. The minimum atomic E-state index is -0.952. The molecule has 1 spiro atoms. The van der Waals surface area contributed by atoms with Gasteiger partial charge >= 0.3 is 11.8 Å². The van der Waals surface area contributed by atoms with Crippen molar-refractivity contribution in [3.63, 3.8) is 0 Å². The monoisotopic (exact) mass is 324 g/mol. The molecule has 4 rings (SSSR count). The molecule has 0 bridgehead atoms. The molecular formula is C17H16N4O3. The number of carbonyl (C=O) groups excluding carboxylic acids is 3. The molecular weight excluding hydrogens is 308 g/mol. The summed E-state index contributed by atoms with van der Waals surface area (Å²) in [6, 6.07) is 8.62. The molecule has 2 atom stereocenters. The van der Waals surface area contributed by atoms with Gasteiger partial charge in [0.15, 0.2) is 0 Å². The minimum Gasteiger partial charge on any atom is -0.345 e. The Balaban J connectivity index is 1.64. The van der Waals surface area contributed by atoms with Gasteiger partial charge in [-0.05, 0) is 24.5 Å². The van der Waals surface area contributed by atoms with Crippen LogP contribution in [-0.4, -0.2) is 41.2 Å². The molecule has 7 nitrogen and oxygen atoms in total. The number of likely N-dealkylation sites (tertiary alicyclic amines) is 1. The van der Waals surface area contributed by atoms with Gasteiger partial charge in [0.05, 0.1) is 11.5 Å². The zero-order valence-corrected chi connectivity index (χ0v) is 12.9. The second-order valence-electron chi connectivity index (χ2n) is 6.61. The first-order chi connectivity index (χ1) is 11.5. The van der Waals surface area contributed by atoms with Gasteiger partial charge in [-0.15, -0.1) is 0 Å². The molecule has 2 aliphatic heterocycles. The van der Waals surface area contributed by atoms with Gasteiger partial charge in [-0.2, -0.15) is 5.26 Å². The lowest BCUT2D eigenvalue weighted by molar-refractivity contribution is -0.146. The number of hydrogen-bond acceptors (Lipinski definition) is 4. The summed E-state index contributed by atoms with van der Waals surface area (Å²) in [5.41, 5.74) is 0.538. The van der Waals surface area contributed by atoms with Gasteiger partial charge in [-0.3, -0.25) is 14.4 Å². The second-order valence-corrected chi connectivity index (χ2v) is 6.61. The number of carbonyl (C=O) groups is 3. The lowest BCUT2D eigenvalue weighted by atomic mass is 9.80. The van der Waals surface area contributed by atoms with Crippen LogP contribution in [0.1, 0.15) is 24.8 Å². The van der Waals surface area contributed by atoms with E-state index in [-0.39, 0.29) is 24.9 Å². The van der Waals surface area contributed by atoms with Crippen molar-refractivity contribution in [1.82, 2.24) is 10.2 Å². The molecule has 122 valence electrons. The topological polar surface area (TPSA) is 102 Å². The van der Waals surface area contributed by atoms with Gasteiger partial charge in [-0.25, -0.2) is 0 Å². The van der Waals surface area contributed by atoms with Crippen molar-refractivity contribution < 1.29 is 14.4 Å². The first-order valence-corrected chi connectivity index (χ1v) is 7.97. The fraction of sp³-hybridized carbons (Fsp3) is 0.412. The quantitative estimate of drug-likeness (QED) is 0.724. The van der Waals surface area contributed by atoms with Crippen LogP contribution in [0.3, 0.4) is 0 Å². The predicted octanol–water partition coefficient (Wildman–Crippen LogP) is 0.280. The molecule has 1 aromatic rings. The normalized spacial score (nSPS) is 27.5. The van der Waals surface area contributed by atoms with Crippen molar-refractivity contribution in [1.29, 1.82) is 5.26 Å². The van der Waals surface area contributed by atoms with E-state index in [9.17, 15) is 19.6 Å². The Bertz CT molecular complexity index is 795. The molecule has 2 N–H and O–H groups in total. The van der Waals surface area contributed by atoms with Gasteiger partial charge in [0.25, 0.3) is 0 Å². The summed E-state index contributed by atoms with van der Waals surface area (Å²) in [5, 5.41) is 14.9. The molecule has 1 aliphatic carbocycles. The van der Waals surface area contributed by atoms with Gasteiger partial charge < -0.3 is 15.5 Å². The van der Waals surface area contributed by atoms with Crippen LogP contribution in [0.2, 0.25) is 0 Å². The maximum Gasteiger partial charge on any atom is 0.313 e. The van der Waals surface area contributed by atoms with Crippen LogP contribution in [-0.2, 0) is 19.8 Å². The van der Waals surface area contributed by atoms with E-state index in [0.717, 1.165) is 18.4 Å². The van der Waals surface area contributed by atoms with E-state index in [1.165, 1.54) is 4.90 Å². The van der Waals surface area contributed by atoms with Crippen molar-refractivity contribution >= 4 is 23.4 Å². The largest absolute Gasteiger partial charge is 0.345 e. The number of benzene rings is 1. The summed E-state index contributed by atoms with van der Waals surface area (Å²) in [4.78, 5) is 38.3. The molecule has 1 aromatic carbocycles. The average Bonchev–Trinajstić information content (AvgIpc) is 3.24. The van der Waals surface area contributed by atoms with Crippen LogP contribution in [0.15, 0.2) is 24.3 Å². The molecule has 3 aliphatic rings. The fourth-order valence-electron chi connectivity index (χ4n) is 3.57. The van der Waals surface area contributed by atoms with Gasteiger partial charge in [0.2, 0.25) is 5.91 Å². The van der Waals surface area contributed by atoms with Gasteiger partial charge in [0, 0.05) is 24.7 Å². The third-order valence-corrected chi connectivity index (χ3v) is 5.00. The average molecular weight is 324 g/mol. The summed E-state index contributed by atoms with van der Waals surface area (Å²) in [6.07, 6.45) is 1.95. The van der Waals surface area contributed by atoms with Crippen LogP contribution in [0.25, 0.3) is 0 Å². The minimum absolute atomic E-state index is 0.0466. The lowest BCUT2D eigenvalue weighted by Crippen LogP contribution is -2.47. The summed E-state index contributed by atoms with van der Waals surface area (Å²) in [7, 11) is 0. The number of nitrogens with one attached hydrogen (secondary N) is 2. The Morgan fingerprint density at radius 1 is 1.33 bits per heavy atom. The van der Waals surface area contributed by atoms with E-state index in [1.807, 2.05) is 18.2 Å². The van der Waals surface area contributed by atoms with Crippen molar-refractivity contribution in [3.8, 4) is 6.07 Å². The smallest absolute Gasteiger partial charge is 0.313 e. The summed E-state index contributed by atoms with van der Waals surface area (Å²) >= 11 is 0. The number of para-hydroxylation sites is 1. The third-order valence-electron chi connectivity index (χ3n) is 5.00. The van der Waals surface area contributed by atoms with Crippen LogP contribution < -0.4 is 10.6 Å². The van der Waals surface area contributed by atoms with Crippen molar-refractivity contribution in [2.45, 2.75) is 36.8 Å². The number of anilines is 1. The molecule has 1 saturated heterocycles. The summed E-state index contributed by atoms with van der Waals surface area (Å²) < 4.78 is 0. The zero-order valence-electron chi connectivity index (χ0n) is 12.9. The van der Waals surface area contributed by atoms with Crippen molar-refractivity contribution in [2.24, 2.45) is 0 Å². The Labute approximate surface area is 138 Å². The van der Waals surface area contributed by atoms with E-state index in [0.29, 0.717) is 5.69 Å². The molecule has 0 aromatic heterocycles. The van der Waals surface area contributed by atoms with E-state index in [4.69, 9.17) is 0 Å². The lowest BCUT2D eigenvalue weighted by Gasteiger charge is -2.22. The van der Waals surface area contributed by atoms with Crippen molar-refractivity contribution in [2.75, 3.05) is 11.9 Å². The third kappa shape index (κ3) is 2.07. The number of hydrogen-bond donors (Lipinski definition) is 2. The second kappa shape index (κ2) is 5.06. The number of fused-ring (bicyclic) bond motifs is 2. The molecule has 1 saturated carbocycles. The Hall–Kier alpha value is -2.88. The van der Waals surface area contributed by atoms with Gasteiger partial charge in [-0.1, -0.05) is 18.2 Å². The van der Waals surface area contributed by atoms with Gasteiger partial charge in [0.1, 0.15) is 6.04 Å². The van der Waals surface area contributed by atoms with Crippen molar-refractivity contribution in [3.05, 3.63) is 29.8 Å². The van der Waals surface area contributed by atoms with Crippen LogP contribution in [0, 0.1) is 11.3 Å². The standard InChI is InChI=1S/C17H16N4O3/c18-8-11-7-17(12-3-1-2-4-13(12)20-16(17)24)9-21(11)15(23)14(22)19-10-5-6-10/h1-4,10-11H,5-7,9H2,(H,19,22)(H,20,24)/t11?,17-/m0/s1. The molecule has 2 heterocycles. The Morgan fingerprint density at radius 2 is 2.08 bits per heavy atom. The highest BCUT2D eigenvalue weighted by atomic mass is 16.2. The molecule has 0 radical (unpaired) electrons. The molecule has 2 fully saturated rings. The number of amides is 3. The summed E-state index contributed by atoms with van der Waals surface area (Å²) in [6.45, 7) is 0.0466.